The summed E-state index contributed by atoms with van der Waals surface area (Å²) in [4.78, 5) is 38.2. The van der Waals surface area contributed by atoms with Crippen LogP contribution in [0.1, 0.15) is 34.6 Å². The van der Waals surface area contributed by atoms with Crippen molar-refractivity contribution < 1.29 is 29.1 Å². The highest BCUT2D eigenvalue weighted by atomic mass is 16.7. The third-order valence-corrected chi connectivity index (χ3v) is 1.82. The van der Waals surface area contributed by atoms with Gasteiger partial charge in [-0.05, 0) is 27.7 Å². The summed E-state index contributed by atoms with van der Waals surface area (Å²) in [6.07, 6.45) is -1.00. The van der Waals surface area contributed by atoms with Crippen LogP contribution in [0.3, 0.4) is 0 Å². The van der Waals surface area contributed by atoms with E-state index in [4.69, 9.17) is 14.7 Å². The van der Waals surface area contributed by atoms with Crippen molar-refractivity contribution >= 4 is 18.0 Å². The van der Waals surface area contributed by atoms with Crippen LogP contribution in [-0.2, 0) is 19.2 Å². The van der Waals surface area contributed by atoms with Crippen LogP contribution in [0.15, 0.2) is 0 Å². The fraction of sp³-hybridized carbons (Fsp3) is 0.727. The van der Waals surface area contributed by atoms with E-state index < -0.39 is 35.7 Å². The fourth-order valence-electron chi connectivity index (χ4n) is 1.08. The van der Waals surface area contributed by atoms with Crippen LogP contribution in [-0.4, -0.2) is 40.8 Å². The molecule has 19 heavy (non-hydrogen) atoms. The van der Waals surface area contributed by atoms with Crippen molar-refractivity contribution in [2.24, 2.45) is 0 Å². The van der Waals surface area contributed by atoms with Crippen LogP contribution in [0.2, 0.25) is 0 Å². The normalized spacial score (nSPS) is 14.2. The monoisotopic (exact) mass is 276 g/mol. The van der Waals surface area contributed by atoms with Gasteiger partial charge in [-0.1, -0.05) is 0 Å². The average molecular weight is 276 g/mol. The summed E-state index contributed by atoms with van der Waals surface area (Å²) < 4.78 is 4.72. The van der Waals surface area contributed by atoms with Gasteiger partial charge in [-0.15, -0.1) is 0 Å². The molecule has 8 heteroatoms. The van der Waals surface area contributed by atoms with Crippen LogP contribution in [0.5, 0.6) is 0 Å². The molecule has 110 valence electrons. The number of aliphatic carboxylic acids is 1. The second kappa shape index (κ2) is 6.93. The van der Waals surface area contributed by atoms with E-state index in [1.54, 1.807) is 20.8 Å². The summed E-state index contributed by atoms with van der Waals surface area (Å²) in [6.45, 7) is 7.65. The van der Waals surface area contributed by atoms with Crippen molar-refractivity contribution in [2.45, 2.75) is 52.4 Å². The molecular formula is C11H20N2O6. The number of amides is 2. The van der Waals surface area contributed by atoms with Gasteiger partial charge < -0.3 is 15.2 Å². The molecule has 0 aromatic rings. The minimum Gasteiger partial charge on any atom is -0.480 e. The highest BCUT2D eigenvalue weighted by molar-refractivity contribution is 5.82. The van der Waals surface area contributed by atoms with Crippen LogP contribution < -0.4 is 10.8 Å². The quantitative estimate of drug-likeness (QED) is 0.495. The number of rotatable bonds is 5. The van der Waals surface area contributed by atoms with Crippen molar-refractivity contribution in [2.75, 3.05) is 0 Å². The minimum absolute atomic E-state index is 0.614. The van der Waals surface area contributed by atoms with Crippen LogP contribution >= 0.6 is 0 Å². The lowest BCUT2D eigenvalue weighted by Crippen LogP contribution is -2.53. The van der Waals surface area contributed by atoms with E-state index in [1.807, 2.05) is 0 Å². The number of carbonyl (C=O) groups is 3. The zero-order chi connectivity index (χ0) is 15.2. The maximum absolute atomic E-state index is 11.4. The molecule has 0 aliphatic carbocycles. The Morgan fingerprint density at radius 3 is 2.11 bits per heavy atom. The molecule has 2 atom stereocenters. The lowest BCUT2D eigenvalue weighted by atomic mass is 10.2. The molecule has 0 spiro atoms. The molecule has 0 aromatic carbocycles. The van der Waals surface area contributed by atoms with Gasteiger partial charge in [0.1, 0.15) is 6.10 Å². The van der Waals surface area contributed by atoms with E-state index in [-0.39, 0.29) is 0 Å². The number of carbonyl (C=O) groups excluding carboxylic acids is 2. The number of urea groups is 1. The second-order valence-electron chi connectivity index (χ2n) is 4.92. The molecule has 0 fully saturated rings. The number of nitrogens with one attached hydrogen (secondary N) is 2. The number of ether oxygens (including phenoxy) is 1. The summed E-state index contributed by atoms with van der Waals surface area (Å²) >= 11 is 0. The lowest BCUT2D eigenvalue weighted by molar-refractivity contribution is -0.152. The Hall–Kier alpha value is -1.83. The third kappa shape index (κ3) is 7.98. The van der Waals surface area contributed by atoms with Crippen LogP contribution in [0.4, 0.5) is 4.79 Å². The van der Waals surface area contributed by atoms with Gasteiger partial charge in [0, 0.05) is 6.92 Å². The van der Waals surface area contributed by atoms with Crippen molar-refractivity contribution in [3.05, 3.63) is 0 Å². The number of hydroxylamine groups is 1. The Morgan fingerprint density at radius 2 is 1.74 bits per heavy atom. The van der Waals surface area contributed by atoms with E-state index in [2.05, 4.69) is 10.8 Å². The molecule has 0 bridgehead atoms. The molecule has 0 unspecified atom stereocenters. The molecule has 3 N–H and O–H groups in total. The number of hydrogen-bond acceptors (Lipinski definition) is 5. The first kappa shape index (κ1) is 17.2. The highest BCUT2D eigenvalue weighted by Crippen LogP contribution is 2.04. The van der Waals surface area contributed by atoms with Gasteiger partial charge in [0.15, 0.2) is 6.04 Å². The summed E-state index contributed by atoms with van der Waals surface area (Å²) in [6, 6.07) is -2.20. The molecule has 0 rings (SSSR count). The van der Waals surface area contributed by atoms with Gasteiger partial charge in [0.05, 0.1) is 5.60 Å². The molecule has 0 aliphatic rings. The van der Waals surface area contributed by atoms with Crippen molar-refractivity contribution in [3.63, 3.8) is 0 Å². The Labute approximate surface area is 111 Å². The van der Waals surface area contributed by atoms with E-state index in [1.165, 1.54) is 6.92 Å². The standard InChI is InChI=1S/C11H20N2O6/c1-6(18-7(2)14)8(9(15)16)12-10(17)13-19-11(3,4)5/h6,8H,1-5H3,(H,15,16)(H2,12,13,17)/t6-,8+/m1/s1. The van der Waals surface area contributed by atoms with E-state index in [0.29, 0.717) is 0 Å². The predicted molar refractivity (Wildman–Crippen MR) is 65.2 cm³/mol. The van der Waals surface area contributed by atoms with Gasteiger partial charge in [-0.3, -0.25) is 9.63 Å². The van der Waals surface area contributed by atoms with Gasteiger partial charge >= 0.3 is 18.0 Å². The molecule has 2 amide bonds. The molecular weight excluding hydrogens is 256 g/mol. The maximum Gasteiger partial charge on any atom is 0.339 e. The molecule has 0 aliphatic heterocycles. The van der Waals surface area contributed by atoms with Crippen molar-refractivity contribution in [1.29, 1.82) is 0 Å². The Balaban J connectivity index is 4.46. The third-order valence-electron chi connectivity index (χ3n) is 1.82. The van der Waals surface area contributed by atoms with Gasteiger partial charge in [0.2, 0.25) is 0 Å². The smallest absolute Gasteiger partial charge is 0.339 e. The number of esters is 1. The molecule has 0 saturated heterocycles. The summed E-state index contributed by atoms with van der Waals surface area (Å²) in [5.41, 5.74) is 1.45. The highest BCUT2D eigenvalue weighted by Gasteiger charge is 2.29. The number of carboxylic acids is 1. The van der Waals surface area contributed by atoms with Crippen molar-refractivity contribution in [1.82, 2.24) is 10.8 Å². The van der Waals surface area contributed by atoms with E-state index in [9.17, 15) is 14.4 Å². The summed E-state index contributed by atoms with van der Waals surface area (Å²) in [5, 5.41) is 11.1. The first-order valence-electron chi connectivity index (χ1n) is 5.67. The average Bonchev–Trinajstić information content (AvgIpc) is 2.20. The lowest BCUT2D eigenvalue weighted by Gasteiger charge is -2.23. The zero-order valence-corrected chi connectivity index (χ0v) is 11.6. The topological polar surface area (TPSA) is 114 Å². The Bertz CT molecular complexity index is 350. The predicted octanol–water partition coefficient (Wildman–Crippen LogP) is 0.421. The summed E-state index contributed by atoms with van der Waals surface area (Å²) in [5.74, 6) is -1.95. The number of hydrogen-bond donors (Lipinski definition) is 3. The van der Waals surface area contributed by atoms with Gasteiger partial charge in [-0.2, -0.15) is 0 Å². The Kier molecular flexibility index (Phi) is 6.26. The molecule has 0 aromatic heterocycles. The largest absolute Gasteiger partial charge is 0.480 e. The molecule has 8 nitrogen and oxygen atoms in total. The summed E-state index contributed by atoms with van der Waals surface area (Å²) in [7, 11) is 0. The molecule has 0 radical (unpaired) electrons. The minimum atomic E-state index is -1.37. The first-order valence-corrected chi connectivity index (χ1v) is 5.67. The van der Waals surface area contributed by atoms with E-state index in [0.717, 1.165) is 6.92 Å². The van der Waals surface area contributed by atoms with E-state index >= 15 is 0 Å². The molecule has 0 saturated carbocycles. The van der Waals surface area contributed by atoms with Crippen LogP contribution in [0, 0.1) is 0 Å². The van der Waals surface area contributed by atoms with Crippen LogP contribution in [0.25, 0.3) is 0 Å². The van der Waals surface area contributed by atoms with Gasteiger partial charge in [-0.25, -0.2) is 15.1 Å². The SMILES string of the molecule is CC(=O)O[C@H](C)[C@H](NC(=O)NOC(C)(C)C)C(=O)O. The Morgan fingerprint density at radius 1 is 1.21 bits per heavy atom. The number of carboxylic acid groups (broad SMARTS) is 1. The fourth-order valence-corrected chi connectivity index (χ4v) is 1.08. The zero-order valence-electron chi connectivity index (χ0n) is 11.6. The molecule has 0 heterocycles. The maximum atomic E-state index is 11.4. The van der Waals surface area contributed by atoms with Gasteiger partial charge in [0.25, 0.3) is 0 Å². The van der Waals surface area contributed by atoms with Crippen molar-refractivity contribution in [3.8, 4) is 0 Å². The second-order valence-corrected chi connectivity index (χ2v) is 4.92. The first-order chi connectivity index (χ1) is 8.53.